The maximum atomic E-state index is 12.6. The molecule has 0 aliphatic heterocycles. The summed E-state index contributed by atoms with van der Waals surface area (Å²) in [4.78, 5) is 41.5. The summed E-state index contributed by atoms with van der Waals surface area (Å²) < 4.78 is 0. The average Bonchev–Trinajstić information content (AvgIpc) is 3.16. The topological polar surface area (TPSA) is 107 Å². The maximum absolute atomic E-state index is 12.6. The van der Waals surface area contributed by atoms with Crippen LogP contribution in [-0.2, 0) is 9.59 Å². The first kappa shape index (κ1) is 20.2. The highest BCUT2D eigenvalue weighted by Crippen LogP contribution is 2.27. The number of imidazole rings is 1. The molecule has 0 saturated heterocycles. The van der Waals surface area contributed by atoms with E-state index in [4.69, 9.17) is 0 Å². The molecule has 7 heteroatoms. The van der Waals surface area contributed by atoms with Gasteiger partial charge in [-0.25, -0.2) is 4.79 Å². The third kappa shape index (κ3) is 5.08. The number of rotatable bonds is 7. The van der Waals surface area contributed by atoms with E-state index in [2.05, 4.69) is 20.6 Å². The number of fused-ring (bicyclic) bond motifs is 1. The quantitative estimate of drug-likeness (QED) is 0.373. The van der Waals surface area contributed by atoms with Crippen molar-refractivity contribution in [1.29, 1.82) is 0 Å². The zero-order valence-electron chi connectivity index (χ0n) is 16.7. The molecule has 4 N–H and O–H groups in total. The molecule has 0 bridgehead atoms. The van der Waals surface area contributed by atoms with Crippen LogP contribution in [0, 0.1) is 0 Å². The minimum atomic E-state index is -0.346. The third-order valence-electron chi connectivity index (χ3n) is 5.04. The fraction of sp³-hybridized carbons (Fsp3) is 0.125. The lowest BCUT2D eigenvalue weighted by atomic mass is 9.88. The van der Waals surface area contributed by atoms with Crippen LogP contribution in [0.15, 0.2) is 83.7 Å². The Morgan fingerprint density at radius 3 is 2.03 bits per heavy atom. The predicted molar refractivity (Wildman–Crippen MR) is 120 cm³/mol. The second-order valence-electron chi connectivity index (χ2n) is 7.24. The Bertz CT molecular complexity index is 1210. The smallest absolute Gasteiger partial charge is 0.323 e. The summed E-state index contributed by atoms with van der Waals surface area (Å²) in [5.41, 5.74) is 3.57. The van der Waals surface area contributed by atoms with Gasteiger partial charge in [0.05, 0.1) is 17.6 Å². The molecule has 4 aromatic rings. The van der Waals surface area contributed by atoms with Gasteiger partial charge < -0.3 is 20.6 Å². The predicted octanol–water partition coefficient (Wildman–Crippen LogP) is 3.13. The molecule has 1 heterocycles. The second kappa shape index (κ2) is 9.13. The summed E-state index contributed by atoms with van der Waals surface area (Å²) in [6, 6.07) is 24.7. The zero-order chi connectivity index (χ0) is 21.6. The normalized spacial score (nSPS) is 10.9. The number of hydrogen-bond acceptors (Lipinski definition) is 3. The lowest BCUT2D eigenvalue weighted by molar-refractivity contribution is -0.124. The van der Waals surface area contributed by atoms with Crippen molar-refractivity contribution in [3.63, 3.8) is 0 Å². The molecule has 0 radical (unpaired) electrons. The highest BCUT2D eigenvalue weighted by molar-refractivity contribution is 5.96. The number of carbonyl (C=O) groups excluding carboxylic acids is 2. The van der Waals surface area contributed by atoms with Gasteiger partial charge in [0, 0.05) is 18.0 Å². The Balaban J connectivity index is 1.37. The van der Waals surface area contributed by atoms with Gasteiger partial charge in [-0.1, -0.05) is 60.7 Å². The Kier molecular flexibility index (Phi) is 5.93. The van der Waals surface area contributed by atoms with Gasteiger partial charge in [0.25, 0.3) is 0 Å². The fourth-order valence-electron chi connectivity index (χ4n) is 3.55. The summed E-state index contributed by atoms with van der Waals surface area (Å²) in [6.07, 6.45) is 0.234. The van der Waals surface area contributed by atoms with E-state index in [0.29, 0.717) is 16.7 Å². The lowest BCUT2D eigenvalue weighted by Gasteiger charge is -2.18. The number of carbonyl (C=O) groups is 2. The van der Waals surface area contributed by atoms with Crippen molar-refractivity contribution in [2.24, 2.45) is 0 Å². The van der Waals surface area contributed by atoms with E-state index in [1.54, 1.807) is 18.2 Å². The molecule has 3 aromatic carbocycles. The van der Waals surface area contributed by atoms with Crippen LogP contribution < -0.4 is 16.3 Å². The fourth-order valence-corrected chi connectivity index (χ4v) is 3.55. The van der Waals surface area contributed by atoms with Crippen LogP contribution in [0.5, 0.6) is 0 Å². The van der Waals surface area contributed by atoms with Gasteiger partial charge in [-0.3, -0.25) is 9.59 Å². The first-order valence-corrected chi connectivity index (χ1v) is 9.97. The first-order valence-electron chi connectivity index (χ1n) is 9.97. The van der Waals surface area contributed by atoms with E-state index in [0.717, 1.165) is 11.1 Å². The van der Waals surface area contributed by atoms with Crippen molar-refractivity contribution in [3.05, 3.63) is 100 Å². The number of aromatic amines is 2. The molecule has 1 aromatic heterocycles. The van der Waals surface area contributed by atoms with E-state index in [1.807, 2.05) is 60.7 Å². The van der Waals surface area contributed by atoms with Crippen molar-refractivity contribution in [2.75, 3.05) is 11.9 Å². The van der Waals surface area contributed by atoms with Crippen molar-refractivity contribution in [3.8, 4) is 0 Å². The third-order valence-corrected chi connectivity index (χ3v) is 5.04. The van der Waals surface area contributed by atoms with Crippen molar-refractivity contribution in [1.82, 2.24) is 15.3 Å². The molecular weight excluding hydrogens is 392 g/mol. The molecule has 0 aliphatic rings. The van der Waals surface area contributed by atoms with E-state index in [1.165, 1.54) is 0 Å². The minimum Gasteiger partial charge on any atom is -0.347 e. The largest absolute Gasteiger partial charge is 0.347 e. The summed E-state index contributed by atoms with van der Waals surface area (Å²) >= 11 is 0. The number of hydrogen-bond donors (Lipinski definition) is 4. The van der Waals surface area contributed by atoms with E-state index in [9.17, 15) is 14.4 Å². The highest BCUT2D eigenvalue weighted by atomic mass is 16.2. The Morgan fingerprint density at radius 1 is 0.774 bits per heavy atom. The number of benzene rings is 3. The Labute approximate surface area is 178 Å². The molecule has 0 aliphatic carbocycles. The standard InChI is InChI=1S/C24H22N4O3/c29-22(14-19(16-7-3-1-4-8-16)17-9-5-2-6-10-17)25-15-23(30)26-18-11-12-20-21(13-18)28-24(31)27-20/h1-13,19H,14-15H2,(H,25,29)(H,26,30)(H2,27,28,31). The van der Waals surface area contributed by atoms with Crippen LogP contribution >= 0.6 is 0 Å². The van der Waals surface area contributed by atoms with Gasteiger partial charge in [-0.2, -0.15) is 0 Å². The van der Waals surface area contributed by atoms with Gasteiger partial charge in [0.1, 0.15) is 0 Å². The van der Waals surface area contributed by atoms with Crippen LogP contribution in [0.3, 0.4) is 0 Å². The van der Waals surface area contributed by atoms with Crippen molar-refractivity contribution < 1.29 is 9.59 Å². The molecule has 31 heavy (non-hydrogen) atoms. The van der Waals surface area contributed by atoms with Gasteiger partial charge in [0.15, 0.2) is 0 Å². The van der Waals surface area contributed by atoms with E-state index >= 15 is 0 Å². The van der Waals surface area contributed by atoms with Crippen LogP contribution in [-0.4, -0.2) is 28.3 Å². The van der Waals surface area contributed by atoms with Crippen LogP contribution in [0.1, 0.15) is 23.5 Å². The number of aromatic nitrogens is 2. The van der Waals surface area contributed by atoms with Crippen molar-refractivity contribution in [2.45, 2.75) is 12.3 Å². The number of nitrogens with one attached hydrogen (secondary N) is 4. The Morgan fingerprint density at radius 2 is 1.39 bits per heavy atom. The highest BCUT2D eigenvalue weighted by Gasteiger charge is 2.18. The Hall–Kier alpha value is -4.13. The number of H-pyrrole nitrogens is 2. The molecule has 2 amide bonds. The van der Waals surface area contributed by atoms with E-state index < -0.39 is 0 Å². The molecule has 0 atom stereocenters. The molecule has 0 saturated carbocycles. The molecule has 0 unspecified atom stereocenters. The van der Waals surface area contributed by atoms with Gasteiger partial charge >= 0.3 is 5.69 Å². The average molecular weight is 414 g/mol. The van der Waals surface area contributed by atoms with Crippen molar-refractivity contribution >= 4 is 28.5 Å². The van der Waals surface area contributed by atoms with Crippen LogP contribution in [0.4, 0.5) is 5.69 Å². The first-order chi connectivity index (χ1) is 15.1. The summed E-state index contributed by atoms with van der Waals surface area (Å²) in [6.45, 7) is -0.142. The monoisotopic (exact) mass is 414 g/mol. The maximum Gasteiger partial charge on any atom is 0.323 e. The van der Waals surface area contributed by atoms with Gasteiger partial charge in [-0.15, -0.1) is 0 Å². The zero-order valence-corrected chi connectivity index (χ0v) is 16.7. The van der Waals surface area contributed by atoms with Crippen LogP contribution in [0.25, 0.3) is 11.0 Å². The number of anilines is 1. The molecule has 7 nitrogen and oxygen atoms in total. The minimum absolute atomic E-state index is 0.0988. The summed E-state index contributed by atoms with van der Waals surface area (Å²) in [5.74, 6) is -0.655. The molecular formula is C24H22N4O3. The molecule has 156 valence electrons. The van der Waals surface area contributed by atoms with E-state index in [-0.39, 0.29) is 36.4 Å². The number of amides is 2. The molecule has 0 fully saturated rings. The molecule has 4 rings (SSSR count). The van der Waals surface area contributed by atoms with Gasteiger partial charge in [-0.05, 0) is 29.3 Å². The summed E-state index contributed by atoms with van der Waals surface area (Å²) in [7, 11) is 0. The lowest BCUT2D eigenvalue weighted by Crippen LogP contribution is -2.33. The van der Waals surface area contributed by atoms with Gasteiger partial charge in [0.2, 0.25) is 11.8 Å². The SMILES string of the molecule is O=C(CC(c1ccccc1)c1ccccc1)NCC(=O)Nc1ccc2[nH]c(=O)[nH]c2c1. The van der Waals surface area contributed by atoms with Crippen LogP contribution in [0.2, 0.25) is 0 Å². The second-order valence-corrected chi connectivity index (χ2v) is 7.24. The molecule has 0 spiro atoms. The summed E-state index contributed by atoms with van der Waals surface area (Å²) in [5, 5.41) is 5.42.